The van der Waals surface area contributed by atoms with E-state index in [1.54, 1.807) is 18.2 Å². The molecule has 0 fully saturated rings. The smallest absolute Gasteiger partial charge is 0.249 e. The van der Waals surface area contributed by atoms with Crippen molar-refractivity contribution in [3.63, 3.8) is 0 Å². The van der Waals surface area contributed by atoms with Gasteiger partial charge in [0.1, 0.15) is 6.61 Å². The van der Waals surface area contributed by atoms with Crippen molar-refractivity contribution < 1.29 is 14.6 Å². The van der Waals surface area contributed by atoms with E-state index in [1.165, 1.54) is 0 Å². The Labute approximate surface area is 68.8 Å². The second-order valence-electron chi connectivity index (χ2n) is 2.49. The summed E-state index contributed by atoms with van der Waals surface area (Å²) in [6.07, 6.45) is 0. The van der Waals surface area contributed by atoms with Gasteiger partial charge in [-0.05, 0) is 12.1 Å². The van der Waals surface area contributed by atoms with Crippen LogP contribution in [0.1, 0.15) is 15.9 Å². The molecule has 1 aliphatic heterocycles. The van der Waals surface area contributed by atoms with Gasteiger partial charge < -0.3 is 10.6 Å². The zero-order chi connectivity index (χ0) is 8.55. The first-order valence-electron chi connectivity index (χ1n) is 3.50. The minimum Gasteiger partial charge on any atom is -0.366 e. The molecule has 4 nitrogen and oxygen atoms in total. The number of fused-ring (bicyclic) bond motifs is 1. The maximum Gasteiger partial charge on any atom is 0.249 e. The average Bonchev–Trinajstić information content (AvgIpc) is 2.49. The van der Waals surface area contributed by atoms with Crippen LogP contribution in [0.5, 0.6) is 5.75 Å². The number of hydrogen-bond acceptors (Lipinski definition) is 3. The Kier molecular flexibility index (Phi) is 1.48. The number of carbonyl (C=O) groups is 1. The summed E-state index contributed by atoms with van der Waals surface area (Å²) in [5.74, 6) is 0.118. The van der Waals surface area contributed by atoms with E-state index in [0.29, 0.717) is 11.3 Å². The summed E-state index contributed by atoms with van der Waals surface area (Å²) < 4.78 is 0. The molecule has 0 saturated heterocycles. The minimum atomic E-state index is -0.457. The van der Waals surface area contributed by atoms with E-state index < -0.39 is 5.91 Å². The highest BCUT2D eigenvalue weighted by Gasteiger charge is 2.19. The topological polar surface area (TPSA) is 61.6 Å². The molecule has 1 amide bonds. The van der Waals surface area contributed by atoms with Gasteiger partial charge in [-0.1, -0.05) is 6.07 Å². The first-order chi connectivity index (χ1) is 5.79. The lowest BCUT2D eigenvalue weighted by Gasteiger charge is -1.98. The normalized spacial score (nSPS) is 13.7. The van der Waals surface area contributed by atoms with Gasteiger partial charge in [-0.3, -0.25) is 4.79 Å². The van der Waals surface area contributed by atoms with Gasteiger partial charge in [0.2, 0.25) is 5.91 Å². The molecule has 62 valence electrons. The maximum atomic E-state index is 10.9. The van der Waals surface area contributed by atoms with Crippen molar-refractivity contribution in [3.05, 3.63) is 29.3 Å². The molecule has 0 atom stereocenters. The third-order valence-corrected chi connectivity index (χ3v) is 1.75. The third kappa shape index (κ3) is 0.931. The highest BCUT2D eigenvalue weighted by Crippen LogP contribution is 2.28. The lowest BCUT2D eigenvalue weighted by Crippen LogP contribution is -2.12. The molecular weight excluding hydrogens is 158 g/mol. The van der Waals surface area contributed by atoms with Crippen molar-refractivity contribution in [3.8, 4) is 5.75 Å². The Morgan fingerprint density at radius 1 is 1.50 bits per heavy atom. The summed E-state index contributed by atoms with van der Waals surface area (Å²) >= 11 is 0. The number of primary amides is 1. The van der Waals surface area contributed by atoms with Crippen molar-refractivity contribution in [2.24, 2.45) is 5.73 Å². The molecule has 0 radical (unpaired) electrons. The molecule has 0 saturated carbocycles. The molecular formula is C8H7NO3. The fraction of sp³-hybridized carbons (Fsp3) is 0.125. The van der Waals surface area contributed by atoms with Crippen molar-refractivity contribution in [2.45, 2.75) is 6.61 Å². The monoisotopic (exact) mass is 165 g/mol. The molecule has 0 aliphatic carbocycles. The van der Waals surface area contributed by atoms with Crippen LogP contribution in [-0.2, 0) is 11.5 Å². The van der Waals surface area contributed by atoms with Crippen molar-refractivity contribution in [2.75, 3.05) is 0 Å². The number of rotatable bonds is 1. The van der Waals surface area contributed by atoms with Crippen LogP contribution in [0.4, 0.5) is 0 Å². The van der Waals surface area contributed by atoms with Crippen LogP contribution >= 0.6 is 0 Å². The summed E-state index contributed by atoms with van der Waals surface area (Å²) in [7, 11) is 0. The highest BCUT2D eigenvalue weighted by molar-refractivity contribution is 5.95. The molecule has 0 bridgehead atoms. The maximum absolute atomic E-state index is 10.9. The SMILES string of the molecule is NC(=O)c1cccc2c1COO2. The van der Waals surface area contributed by atoms with E-state index in [1.807, 2.05) is 0 Å². The molecule has 1 aliphatic rings. The van der Waals surface area contributed by atoms with E-state index in [2.05, 4.69) is 0 Å². The molecule has 0 aromatic heterocycles. The summed E-state index contributed by atoms with van der Waals surface area (Å²) in [6, 6.07) is 5.08. The van der Waals surface area contributed by atoms with Crippen LogP contribution < -0.4 is 10.6 Å². The zero-order valence-electron chi connectivity index (χ0n) is 6.24. The number of hydrogen-bond donors (Lipinski definition) is 1. The molecule has 0 spiro atoms. The summed E-state index contributed by atoms with van der Waals surface area (Å²) in [5.41, 5.74) is 6.33. The molecule has 2 N–H and O–H groups in total. The van der Waals surface area contributed by atoms with Gasteiger partial charge in [0.25, 0.3) is 0 Å². The Hall–Kier alpha value is -1.55. The van der Waals surface area contributed by atoms with Crippen molar-refractivity contribution >= 4 is 5.91 Å². The van der Waals surface area contributed by atoms with Crippen LogP contribution in [0.25, 0.3) is 0 Å². The molecule has 0 unspecified atom stereocenters. The van der Waals surface area contributed by atoms with Gasteiger partial charge in [-0.25, -0.2) is 0 Å². The number of carbonyl (C=O) groups excluding carboxylic acids is 1. The quantitative estimate of drug-likeness (QED) is 0.620. The van der Waals surface area contributed by atoms with Crippen molar-refractivity contribution in [1.82, 2.24) is 0 Å². The average molecular weight is 165 g/mol. The molecule has 4 heteroatoms. The van der Waals surface area contributed by atoms with E-state index >= 15 is 0 Å². The molecule has 1 aromatic carbocycles. The van der Waals surface area contributed by atoms with E-state index in [-0.39, 0.29) is 6.61 Å². The van der Waals surface area contributed by atoms with Crippen molar-refractivity contribution in [1.29, 1.82) is 0 Å². The molecule has 12 heavy (non-hydrogen) atoms. The van der Waals surface area contributed by atoms with Crippen LogP contribution in [0.2, 0.25) is 0 Å². The Morgan fingerprint density at radius 2 is 2.33 bits per heavy atom. The van der Waals surface area contributed by atoms with Gasteiger partial charge in [0.05, 0.1) is 0 Å². The van der Waals surface area contributed by atoms with Gasteiger partial charge >= 0.3 is 0 Å². The largest absolute Gasteiger partial charge is 0.366 e. The first-order valence-corrected chi connectivity index (χ1v) is 3.50. The predicted octanol–water partition coefficient (Wildman–Crippen LogP) is 0.610. The van der Waals surface area contributed by atoms with Crippen LogP contribution in [-0.4, -0.2) is 5.91 Å². The lowest BCUT2D eigenvalue weighted by atomic mass is 10.1. The van der Waals surface area contributed by atoms with Gasteiger partial charge in [-0.2, -0.15) is 4.89 Å². The third-order valence-electron chi connectivity index (χ3n) is 1.75. The Bertz CT molecular complexity index is 335. The number of nitrogens with two attached hydrogens (primary N) is 1. The molecule has 2 rings (SSSR count). The van der Waals surface area contributed by atoms with E-state index in [0.717, 1.165) is 5.56 Å². The fourth-order valence-electron chi connectivity index (χ4n) is 1.18. The van der Waals surface area contributed by atoms with Gasteiger partial charge in [0, 0.05) is 11.1 Å². The van der Waals surface area contributed by atoms with E-state index in [4.69, 9.17) is 15.5 Å². The second kappa shape index (κ2) is 2.49. The van der Waals surface area contributed by atoms with Gasteiger partial charge in [0.15, 0.2) is 5.75 Å². The van der Waals surface area contributed by atoms with Gasteiger partial charge in [-0.15, -0.1) is 0 Å². The zero-order valence-corrected chi connectivity index (χ0v) is 6.24. The van der Waals surface area contributed by atoms with E-state index in [9.17, 15) is 4.79 Å². The Balaban J connectivity index is 2.56. The first kappa shape index (κ1) is 7.12. The lowest BCUT2D eigenvalue weighted by molar-refractivity contribution is -0.194. The number of amides is 1. The molecule has 1 heterocycles. The van der Waals surface area contributed by atoms with Crippen LogP contribution in [0.15, 0.2) is 18.2 Å². The standard InChI is InChI=1S/C8H7NO3/c9-8(10)5-2-1-3-7-6(5)4-11-12-7/h1-3H,4H2,(H2,9,10). The highest BCUT2D eigenvalue weighted by atomic mass is 17.2. The second-order valence-corrected chi connectivity index (χ2v) is 2.49. The number of benzene rings is 1. The predicted molar refractivity (Wildman–Crippen MR) is 40.4 cm³/mol. The minimum absolute atomic E-state index is 0.286. The summed E-state index contributed by atoms with van der Waals surface area (Å²) in [5, 5.41) is 0. The fourth-order valence-corrected chi connectivity index (χ4v) is 1.18. The Morgan fingerprint density at radius 3 is 3.08 bits per heavy atom. The van der Waals surface area contributed by atoms with Crippen LogP contribution in [0, 0.1) is 0 Å². The molecule has 1 aromatic rings. The summed E-state index contributed by atoms with van der Waals surface area (Å²) in [6.45, 7) is 0.286. The summed E-state index contributed by atoms with van der Waals surface area (Å²) in [4.78, 5) is 20.4. The van der Waals surface area contributed by atoms with Crippen LogP contribution in [0.3, 0.4) is 0 Å².